The molecule has 6 rings (SSSR count). The van der Waals surface area contributed by atoms with Crippen molar-refractivity contribution in [2.45, 2.75) is 24.7 Å². The first-order valence-corrected chi connectivity index (χ1v) is 11.4. The molecule has 0 radical (unpaired) electrons. The summed E-state index contributed by atoms with van der Waals surface area (Å²) in [4.78, 5) is 0. The monoisotopic (exact) mass is 498 g/mol. The topological polar surface area (TPSA) is 0 Å². The van der Waals surface area contributed by atoms with Crippen LogP contribution in [0.25, 0.3) is 12.2 Å². The molecule has 0 aromatic heterocycles. The van der Waals surface area contributed by atoms with Gasteiger partial charge in [0.05, 0.1) is 0 Å². The van der Waals surface area contributed by atoms with Crippen molar-refractivity contribution < 1.29 is 26.2 Å². The Morgan fingerprint density at radius 3 is 1.36 bits per heavy atom. The Morgan fingerprint density at radius 2 is 0.939 bits per heavy atom. The summed E-state index contributed by atoms with van der Waals surface area (Å²) in [7, 11) is 0. The van der Waals surface area contributed by atoms with Crippen LogP contribution in [-0.2, 0) is 26.2 Å². The van der Waals surface area contributed by atoms with Crippen LogP contribution in [0.15, 0.2) is 108 Å². The van der Waals surface area contributed by atoms with Crippen LogP contribution in [0, 0.1) is 12.1 Å². The molecular formula is C32H24Zr. The molecule has 0 N–H and O–H groups in total. The molecule has 2 atom stereocenters. The molecule has 0 amide bonds. The third-order valence-corrected chi connectivity index (χ3v) is 6.83. The Balaban J connectivity index is 0.00000228. The van der Waals surface area contributed by atoms with Crippen molar-refractivity contribution >= 4 is 12.2 Å². The fourth-order valence-electron chi connectivity index (χ4n) is 5.41. The second-order valence-corrected chi connectivity index (χ2v) is 8.70. The van der Waals surface area contributed by atoms with Crippen molar-refractivity contribution in [3.05, 3.63) is 154 Å². The fraction of sp³-hybridized carbons (Fsp3) is 0.125. The Kier molecular flexibility index (Phi) is 6.43. The SMILES string of the molecule is [Zr+2].[c-]1ccccc1C1C(CCC2=Cc3ccccc3C2c2[c-]cccc2)=Cc2ccccc21. The van der Waals surface area contributed by atoms with Crippen molar-refractivity contribution in [3.8, 4) is 0 Å². The van der Waals surface area contributed by atoms with Gasteiger partial charge in [0.1, 0.15) is 0 Å². The van der Waals surface area contributed by atoms with Gasteiger partial charge in [-0.2, -0.15) is 71.8 Å². The molecule has 2 unspecified atom stereocenters. The van der Waals surface area contributed by atoms with Gasteiger partial charge in [-0.1, -0.05) is 71.8 Å². The van der Waals surface area contributed by atoms with Crippen molar-refractivity contribution in [2.75, 3.05) is 0 Å². The average Bonchev–Trinajstić information content (AvgIpc) is 3.41. The quantitative estimate of drug-likeness (QED) is 0.246. The van der Waals surface area contributed by atoms with Gasteiger partial charge in [0.25, 0.3) is 0 Å². The average molecular weight is 500 g/mol. The zero-order chi connectivity index (χ0) is 21.3. The van der Waals surface area contributed by atoms with E-state index in [4.69, 9.17) is 0 Å². The van der Waals surface area contributed by atoms with E-state index < -0.39 is 0 Å². The van der Waals surface area contributed by atoms with Crippen molar-refractivity contribution in [1.82, 2.24) is 0 Å². The van der Waals surface area contributed by atoms with Gasteiger partial charge >= 0.3 is 26.2 Å². The van der Waals surface area contributed by atoms with Crippen LogP contribution in [0.2, 0.25) is 0 Å². The first-order chi connectivity index (χ1) is 15.9. The molecular weight excluding hydrogens is 476 g/mol. The van der Waals surface area contributed by atoms with E-state index in [1.807, 2.05) is 12.1 Å². The second kappa shape index (κ2) is 9.62. The van der Waals surface area contributed by atoms with Crippen LogP contribution in [-0.4, -0.2) is 0 Å². The molecule has 0 fully saturated rings. The summed E-state index contributed by atoms with van der Waals surface area (Å²) in [6.45, 7) is 0. The van der Waals surface area contributed by atoms with Gasteiger partial charge in [0, 0.05) is 11.8 Å². The van der Waals surface area contributed by atoms with Crippen LogP contribution in [0.5, 0.6) is 0 Å². The first-order valence-electron chi connectivity index (χ1n) is 11.4. The Morgan fingerprint density at radius 1 is 0.515 bits per heavy atom. The molecule has 0 aliphatic heterocycles. The molecule has 0 heterocycles. The summed E-state index contributed by atoms with van der Waals surface area (Å²) in [6.07, 6.45) is 6.91. The predicted octanol–water partition coefficient (Wildman–Crippen LogP) is 7.82. The molecule has 0 saturated carbocycles. The van der Waals surface area contributed by atoms with Gasteiger partial charge in [-0.25, -0.2) is 0 Å². The summed E-state index contributed by atoms with van der Waals surface area (Å²) in [5, 5.41) is 0. The molecule has 2 aliphatic carbocycles. The number of fused-ring (bicyclic) bond motifs is 2. The largest absolute Gasteiger partial charge is 2.00 e. The molecule has 156 valence electrons. The molecule has 1 heteroatoms. The van der Waals surface area contributed by atoms with Crippen LogP contribution < -0.4 is 0 Å². The first kappa shape index (κ1) is 22.1. The molecule has 0 bridgehead atoms. The van der Waals surface area contributed by atoms with E-state index in [-0.39, 0.29) is 26.2 Å². The molecule has 33 heavy (non-hydrogen) atoms. The Labute approximate surface area is 215 Å². The molecule has 0 spiro atoms. The zero-order valence-electron chi connectivity index (χ0n) is 18.5. The molecule has 4 aromatic rings. The Hall–Kier alpha value is -2.76. The van der Waals surface area contributed by atoms with Gasteiger partial charge in [0.15, 0.2) is 0 Å². The van der Waals surface area contributed by atoms with E-state index >= 15 is 0 Å². The smallest absolute Gasteiger partial charge is 0.179 e. The van der Waals surface area contributed by atoms with Crippen LogP contribution in [0.1, 0.15) is 58.1 Å². The number of allylic oxidation sites excluding steroid dienone is 2. The normalized spacial score (nSPS) is 18.1. The van der Waals surface area contributed by atoms with Crippen molar-refractivity contribution in [2.24, 2.45) is 0 Å². The van der Waals surface area contributed by atoms with Gasteiger partial charge in [0.2, 0.25) is 0 Å². The predicted molar refractivity (Wildman–Crippen MR) is 132 cm³/mol. The molecule has 2 aliphatic rings. The van der Waals surface area contributed by atoms with Gasteiger partial charge in [-0.15, -0.1) is 0 Å². The maximum Gasteiger partial charge on any atom is 2.00 e. The number of rotatable bonds is 5. The summed E-state index contributed by atoms with van der Waals surface area (Å²) >= 11 is 0. The van der Waals surface area contributed by atoms with E-state index in [1.54, 1.807) is 0 Å². The number of hydrogen-bond acceptors (Lipinski definition) is 0. The third kappa shape index (κ3) is 4.16. The van der Waals surface area contributed by atoms with Crippen LogP contribution in [0.4, 0.5) is 0 Å². The van der Waals surface area contributed by atoms with E-state index in [9.17, 15) is 0 Å². The standard InChI is InChI=1S/C32H24.Zr/c1-3-11-23(12-4-1)31-27(21-25-15-7-9-17-29(25)31)19-20-28-22-26-16-8-10-18-30(26)32(28)24-13-5-2-6-14-24;/h1-11,13,15-18,21-22,31-32H,19-20H2;/q-2;+2. The number of hydrogen-bond donors (Lipinski definition) is 0. The van der Waals surface area contributed by atoms with E-state index in [1.165, 1.54) is 44.5 Å². The van der Waals surface area contributed by atoms with E-state index in [2.05, 4.69) is 109 Å². The minimum atomic E-state index is 0. The summed E-state index contributed by atoms with van der Waals surface area (Å²) in [6, 6.07) is 41.5. The zero-order valence-corrected chi connectivity index (χ0v) is 20.9. The van der Waals surface area contributed by atoms with E-state index in [0.717, 1.165) is 12.8 Å². The summed E-state index contributed by atoms with van der Waals surface area (Å²) in [5.41, 5.74) is 11.0. The minimum absolute atomic E-state index is 0. The maximum absolute atomic E-state index is 3.50. The Bertz CT molecular complexity index is 1210. The fourth-order valence-corrected chi connectivity index (χ4v) is 5.41. The van der Waals surface area contributed by atoms with Gasteiger partial charge < -0.3 is 0 Å². The van der Waals surface area contributed by atoms with E-state index in [0.29, 0.717) is 11.8 Å². The van der Waals surface area contributed by atoms with Gasteiger partial charge in [-0.3, -0.25) is 0 Å². The summed E-state index contributed by atoms with van der Waals surface area (Å²) < 4.78 is 0. The van der Waals surface area contributed by atoms with Crippen LogP contribution in [0.3, 0.4) is 0 Å². The molecule has 0 saturated heterocycles. The van der Waals surface area contributed by atoms with Gasteiger partial charge in [-0.05, 0) is 35.1 Å². The summed E-state index contributed by atoms with van der Waals surface area (Å²) in [5.74, 6) is 0.608. The molecule has 4 aromatic carbocycles. The van der Waals surface area contributed by atoms with Crippen LogP contribution >= 0.6 is 0 Å². The van der Waals surface area contributed by atoms with Crippen molar-refractivity contribution in [3.63, 3.8) is 0 Å². The minimum Gasteiger partial charge on any atom is -0.179 e. The number of benzene rings is 4. The maximum atomic E-state index is 3.50. The van der Waals surface area contributed by atoms with Crippen molar-refractivity contribution in [1.29, 1.82) is 0 Å². The molecule has 0 nitrogen and oxygen atoms in total. The third-order valence-electron chi connectivity index (χ3n) is 6.83. The second-order valence-electron chi connectivity index (χ2n) is 8.70.